The van der Waals surface area contributed by atoms with Crippen molar-refractivity contribution >= 4 is 17.4 Å². The maximum atomic E-state index is 13.1. The molecule has 6 heteroatoms. The zero-order valence-corrected chi connectivity index (χ0v) is 17.6. The van der Waals surface area contributed by atoms with Crippen LogP contribution in [-0.4, -0.2) is 52.5 Å². The first-order valence-electron chi connectivity index (χ1n) is 10.2. The molecule has 1 fully saturated rings. The number of nitrogens with zero attached hydrogens (tertiary/aromatic N) is 4. The number of amides is 1. The Morgan fingerprint density at radius 1 is 0.833 bits per heavy atom. The number of hydrogen-bond acceptors (Lipinski definition) is 4. The summed E-state index contributed by atoms with van der Waals surface area (Å²) in [5.41, 5.74) is 4.91. The van der Waals surface area contributed by atoms with Gasteiger partial charge in [-0.3, -0.25) is 9.59 Å². The van der Waals surface area contributed by atoms with Crippen molar-refractivity contribution in [2.45, 2.75) is 20.8 Å². The number of benzene rings is 2. The minimum absolute atomic E-state index is 0.407. The van der Waals surface area contributed by atoms with Gasteiger partial charge >= 0.3 is 0 Å². The molecule has 0 atom stereocenters. The smallest absolute Gasteiger partial charge is 0.295 e. The number of aryl methyl sites for hydroxylation is 2. The van der Waals surface area contributed by atoms with Gasteiger partial charge in [-0.2, -0.15) is 5.10 Å². The molecule has 1 saturated heterocycles. The molecular weight excluding hydrogens is 376 g/mol. The van der Waals surface area contributed by atoms with Crippen LogP contribution in [0.5, 0.6) is 0 Å². The standard InChI is InChI=1S/C24H26N4O2/c1-17-8-7-11-21(16-17)26-12-14-27(15-13-26)24(30)23(29)22-18(2)25-28(19(22)3)20-9-5-4-6-10-20/h4-11,16H,12-15H2,1-3H3. The molecule has 1 aliphatic heterocycles. The molecule has 4 rings (SSSR count). The van der Waals surface area contributed by atoms with Gasteiger partial charge in [-0.15, -0.1) is 0 Å². The molecule has 3 aromatic rings. The van der Waals surface area contributed by atoms with Crippen molar-refractivity contribution in [2.24, 2.45) is 0 Å². The average Bonchev–Trinajstić information content (AvgIpc) is 3.07. The molecule has 2 aromatic carbocycles. The van der Waals surface area contributed by atoms with E-state index in [-0.39, 0.29) is 0 Å². The van der Waals surface area contributed by atoms with Gasteiger partial charge in [0.2, 0.25) is 0 Å². The van der Waals surface area contributed by atoms with Gasteiger partial charge in [-0.05, 0) is 50.6 Å². The Hall–Kier alpha value is -3.41. The molecule has 0 saturated carbocycles. The SMILES string of the molecule is Cc1cccc(N2CCN(C(=O)C(=O)c3c(C)nn(-c4ccccc4)c3C)CC2)c1. The molecule has 30 heavy (non-hydrogen) atoms. The Kier molecular flexibility index (Phi) is 5.40. The Bertz CT molecular complexity index is 1080. The lowest BCUT2D eigenvalue weighted by Gasteiger charge is -2.36. The molecule has 1 aliphatic rings. The minimum Gasteiger partial charge on any atom is -0.368 e. The lowest BCUT2D eigenvalue weighted by atomic mass is 10.1. The molecule has 2 heterocycles. The monoisotopic (exact) mass is 402 g/mol. The molecule has 0 radical (unpaired) electrons. The first kappa shape index (κ1) is 19.9. The highest BCUT2D eigenvalue weighted by Gasteiger charge is 2.30. The van der Waals surface area contributed by atoms with E-state index in [0.717, 1.165) is 11.4 Å². The van der Waals surface area contributed by atoms with Crippen molar-refractivity contribution in [3.05, 3.63) is 77.1 Å². The summed E-state index contributed by atoms with van der Waals surface area (Å²) in [4.78, 5) is 30.0. The number of aromatic nitrogens is 2. The second kappa shape index (κ2) is 8.14. The molecule has 0 bridgehead atoms. The van der Waals surface area contributed by atoms with Crippen molar-refractivity contribution in [3.63, 3.8) is 0 Å². The third-order valence-corrected chi connectivity index (χ3v) is 5.65. The van der Waals surface area contributed by atoms with Crippen molar-refractivity contribution in [1.29, 1.82) is 0 Å². The number of carbonyl (C=O) groups excluding carboxylic acids is 2. The van der Waals surface area contributed by atoms with E-state index in [1.165, 1.54) is 5.56 Å². The molecule has 0 N–H and O–H groups in total. The van der Waals surface area contributed by atoms with E-state index in [9.17, 15) is 9.59 Å². The van der Waals surface area contributed by atoms with Crippen LogP contribution >= 0.6 is 0 Å². The highest BCUT2D eigenvalue weighted by Crippen LogP contribution is 2.21. The third-order valence-electron chi connectivity index (χ3n) is 5.65. The normalized spacial score (nSPS) is 14.1. The number of piperazine rings is 1. The molecule has 6 nitrogen and oxygen atoms in total. The Morgan fingerprint density at radius 3 is 2.17 bits per heavy atom. The van der Waals surface area contributed by atoms with E-state index in [1.54, 1.807) is 16.5 Å². The summed E-state index contributed by atoms with van der Waals surface area (Å²) in [6.07, 6.45) is 0. The van der Waals surface area contributed by atoms with E-state index < -0.39 is 11.7 Å². The van der Waals surface area contributed by atoms with E-state index in [0.29, 0.717) is 43.1 Å². The van der Waals surface area contributed by atoms with Crippen LogP contribution in [0, 0.1) is 20.8 Å². The largest absolute Gasteiger partial charge is 0.368 e. The van der Waals surface area contributed by atoms with Crippen LogP contribution in [0.2, 0.25) is 0 Å². The quantitative estimate of drug-likeness (QED) is 0.496. The van der Waals surface area contributed by atoms with Crippen molar-refractivity contribution < 1.29 is 9.59 Å². The van der Waals surface area contributed by atoms with Crippen LogP contribution in [-0.2, 0) is 4.79 Å². The van der Waals surface area contributed by atoms with Gasteiger partial charge in [-0.1, -0.05) is 30.3 Å². The van der Waals surface area contributed by atoms with Crippen molar-refractivity contribution in [1.82, 2.24) is 14.7 Å². The summed E-state index contributed by atoms with van der Waals surface area (Å²) >= 11 is 0. The summed E-state index contributed by atoms with van der Waals surface area (Å²) < 4.78 is 1.73. The number of para-hydroxylation sites is 1. The first-order valence-corrected chi connectivity index (χ1v) is 10.2. The van der Waals surface area contributed by atoms with Gasteiger partial charge in [-0.25, -0.2) is 4.68 Å². The molecule has 0 unspecified atom stereocenters. The van der Waals surface area contributed by atoms with Crippen LogP contribution in [0.1, 0.15) is 27.3 Å². The number of hydrogen-bond donors (Lipinski definition) is 0. The number of ketones is 1. The zero-order valence-electron chi connectivity index (χ0n) is 17.6. The molecule has 1 amide bonds. The Morgan fingerprint density at radius 2 is 1.50 bits per heavy atom. The number of anilines is 1. The van der Waals surface area contributed by atoms with Crippen molar-refractivity contribution in [2.75, 3.05) is 31.1 Å². The van der Waals surface area contributed by atoms with Crippen molar-refractivity contribution in [3.8, 4) is 5.69 Å². The fourth-order valence-electron chi connectivity index (χ4n) is 4.03. The van der Waals surface area contributed by atoms with Crippen LogP contribution in [0.15, 0.2) is 54.6 Å². The Labute approximate surface area is 176 Å². The van der Waals surface area contributed by atoms with Crippen LogP contribution in [0.3, 0.4) is 0 Å². The summed E-state index contributed by atoms with van der Waals surface area (Å²) in [6, 6.07) is 18.0. The second-order valence-corrected chi connectivity index (χ2v) is 7.74. The predicted molar refractivity (Wildman–Crippen MR) is 117 cm³/mol. The number of Topliss-reactive ketones (excluding diaryl/α,β-unsaturated/α-hetero) is 1. The molecule has 0 spiro atoms. The Balaban J connectivity index is 1.49. The molecular formula is C24H26N4O2. The van der Waals surface area contributed by atoms with Crippen LogP contribution in [0.25, 0.3) is 5.69 Å². The van der Waals surface area contributed by atoms with Gasteiger partial charge < -0.3 is 9.80 Å². The third kappa shape index (κ3) is 3.73. The topological polar surface area (TPSA) is 58.4 Å². The fraction of sp³-hybridized carbons (Fsp3) is 0.292. The van der Waals surface area contributed by atoms with Gasteiger partial charge in [0.1, 0.15) is 0 Å². The lowest BCUT2D eigenvalue weighted by molar-refractivity contribution is -0.126. The van der Waals surface area contributed by atoms with Gasteiger partial charge in [0.05, 0.1) is 22.6 Å². The van der Waals surface area contributed by atoms with E-state index in [1.807, 2.05) is 43.3 Å². The van der Waals surface area contributed by atoms with E-state index in [2.05, 4.69) is 35.1 Å². The highest BCUT2D eigenvalue weighted by molar-refractivity contribution is 6.43. The van der Waals surface area contributed by atoms with E-state index >= 15 is 0 Å². The maximum Gasteiger partial charge on any atom is 0.295 e. The maximum absolute atomic E-state index is 13.1. The van der Waals surface area contributed by atoms with E-state index in [4.69, 9.17) is 0 Å². The summed E-state index contributed by atoms with van der Waals surface area (Å²) in [7, 11) is 0. The minimum atomic E-state index is -0.476. The molecule has 0 aliphatic carbocycles. The lowest BCUT2D eigenvalue weighted by Crippen LogP contribution is -2.50. The van der Waals surface area contributed by atoms with Crippen LogP contribution in [0.4, 0.5) is 5.69 Å². The predicted octanol–water partition coefficient (Wildman–Crippen LogP) is 3.33. The summed E-state index contributed by atoms with van der Waals surface area (Å²) in [6.45, 7) is 8.17. The highest BCUT2D eigenvalue weighted by atomic mass is 16.2. The van der Waals surface area contributed by atoms with Gasteiger partial charge in [0.25, 0.3) is 11.7 Å². The molecule has 1 aromatic heterocycles. The second-order valence-electron chi connectivity index (χ2n) is 7.74. The van der Waals surface area contributed by atoms with Gasteiger partial charge in [0, 0.05) is 31.9 Å². The summed E-state index contributed by atoms with van der Waals surface area (Å²) in [5, 5.41) is 4.51. The fourth-order valence-corrected chi connectivity index (χ4v) is 4.03. The van der Waals surface area contributed by atoms with Gasteiger partial charge in [0.15, 0.2) is 0 Å². The summed E-state index contributed by atoms with van der Waals surface area (Å²) in [5.74, 6) is -0.922. The number of rotatable bonds is 4. The zero-order chi connectivity index (χ0) is 21.3. The molecule has 154 valence electrons. The average molecular weight is 402 g/mol. The number of carbonyl (C=O) groups is 2. The first-order chi connectivity index (χ1) is 14.5. The van der Waals surface area contributed by atoms with Crippen LogP contribution < -0.4 is 4.90 Å².